The molecular formula is C27H27F3O3. The Morgan fingerprint density at radius 3 is 2.06 bits per heavy atom. The average molecular weight is 457 g/mol. The zero-order valence-electron chi connectivity index (χ0n) is 18.7. The summed E-state index contributed by atoms with van der Waals surface area (Å²) in [5, 5.41) is 0. The summed E-state index contributed by atoms with van der Waals surface area (Å²) in [5.41, 5.74) is 1.43. The van der Waals surface area contributed by atoms with Crippen molar-refractivity contribution in [1.29, 1.82) is 0 Å². The van der Waals surface area contributed by atoms with Crippen LogP contribution in [0.15, 0.2) is 54.6 Å². The maximum Gasteiger partial charge on any atom is 0.201 e. The zero-order chi connectivity index (χ0) is 23.4. The maximum atomic E-state index is 14.7. The second-order valence-corrected chi connectivity index (χ2v) is 8.38. The highest BCUT2D eigenvalue weighted by atomic mass is 19.2. The molecule has 0 radical (unpaired) electrons. The van der Waals surface area contributed by atoms with Crippen LogP contribution < -0.4 is 14.2 Å². The van der Waals surface area contributed by atoms with Crippen molar-refractivity contribution in [3.8, 4) is 28.4 Å². The van der Waals surface area contributed by atoms with E-state index in [9.17, 15) is 13.2 Å². The summed E-state index contributed by atoms with van der Waals surface area (Å²) in [5.74, 6) is -0.753. The molecular weight excluding hydrogens is 429 g/mol. The van der Waals surface area contributed by atoms with Gasteiger partial charge in [-0.2, -0.15) is 4.39 Å². The third-order valence-electron chi connectivity index (χ3n) is 6.42. The van der Waals surface area contributed by atoms with Crippen LogP contribution >= 0.6 is 0 Å². The molecule has 0 heterocycles. The van der Waals surface area contributed by atoms with Gasteiger partial charge in [-0.1, -0.05) is 18.2 Å². The Balaban J connectivity index is 1.35. The van der Waals surface area contributed by atoms with Gasteiger partial charge in [-0.25, -0.2) is 8.78 Å². The van der Waals surface area contributed by atoms with Gasteiger partial charge in [0.25, 0.3) is 0 Å². The van der Waals surface area contributed by atoms with Crippen molar-refractivity contribution < 1.29 is 27.4 Å². The zero-order valence-corrected chi connectivity index (χ0v) is 18.7. The molecule has 174 valence electrons. The molecule has 1 saturated carbocycles. The molecule has 1 aliphatic carbocycles. The van der Waals surface area contributed by atoms with Gasteiger partial charge in [0.2, 0.25) is 5.82 Å². The van der Waals surface area contributed by atoms with Gasteiger partial charge in [0.1, 0.15) is 17.3 Å². The topological polar surface area (TPSA) is 27.7 Å². The highest BCUT2D eigenvalue weighted by Crippen LogP contribution is 2.38. The molecule has 6 heteroatoms. The molecule has 0 aliphatic heterocycles. The standard InChI is InChI=1S/C27H27F3O3/c1-31-20-9-7-19(8-10-20)23-13-14-25(27(30)26(23)29)33-16-17-3-5-18(6-4-17)22-12-11-21(32-2)15-24(22)28/h7-15,17-18H,3-6,16H2,1-2H3. The van der Waals surface area contributed by atoms with Crippen molar-refractivity contribution in [3.63, 3.8) is 0 Å². The monoisotopic (exact) mass is 456 g/mol. The SMILES string of the molecule is COc1ccc(-c2ccc(OCC3CCC(c4ccc(OC)cc4F)CC3)c(F)c2F)cc1. The summed E-state index contributed by atoms with van der Waals surface area (Å²) < 4.78 is 59.6. The smallest absolute Gasteiger partial charge is 0.201 e. The lowest BCUT2D eigenvalue weighted by molar-refractivity contribution is 0.192. The summed E-state index contributed by atoms with van der Waals surface area (Å²) in [7, 11) is 3.06. The van der Waals surface area contributed by atoms with Crippen LogP contribution in [0.3, 0.4) is 0 Å². The van der Waals surface area contributed by atoms with E-state index in [0.29, 0.717) is 29.2 Å². The van der Waals surface area contributed by atoms with E-state index in [4.69, 9.17) is 14.2 Å². The predicted molar refractivity (Wildman–Crippen MR) is 121 cm³/mol. The van der Waals surface area contributed by atoms with Gasteiger partial charge in [-0.05, 0) is 79.0 Å². The third-order valence-corrected chi connectivity index (χ3v) is 6.42. The second-order valence-electron chi connectivity index (χ2n) is 8.38. The molecule has 3 nitrogen and oxygen atoms in total. The van der Waals surface area contributed by atoms with Crippen LogP contribution in [0.25, 0.3) is 11.1 Å². The van der Waals surface area contributed by atoms with Gasteiger partial charge in [-0.3, -0.25) is 0 Å². The molecule has 0 atom stereocenters. The first-order chi connectivity index (χ1) is 16.0. The summed E-state index contributed by atoms with van der Waals surface area (Å²) in [6.07, 6.45) is 3.32. The Kier molecular flexibility index (Phi) is 7.11. The number of hydrogen-bond acceptors (Lipinski definition) is 3. The van der Waals surface area contributed by atoms with Crippen molar-refractivity contribution in [1.82, 2.24) is 0 Å². The highest BCUT2D eigenvalue weighted by molar-refractivity contribution is 5.66. The fraction of sp³-hybridized carbons (Fsp3) is 0.333. The first kappa shape index (κ1) is 23.0. The summed E-state index contributed by atoms with van der Waals surface area (Å²) >= 11 is 0. The Labute approximate surface area is 192 Å². The first-order valence-electron chi connectivity index (χ1n) is 11.1. The van der Waals surface area contributed by atoms with Gasteiger partial charge < -0.3 is 14.2 Å². The molecule has 0 unspecified atom stereocenters. The Bertz CT molecular complexity index is 1090. The minimum atomic E-state index is -0.989. The van der Waals surface area contributed by atoms with Gasteiger partial charge in [0.15, 0.2) is 11.6 Å². The van der Waals surface area contributed by atoms with Crippen molar-refractivity contribution in [2.75, 3.05) is 20.8 Å². The second kappa shape index (κ2) is 10.2. The maximum absolute atomic E-state index is 14.7. The number of methoxy groups -OCH3 is 2. The summed E-state index contributed by atoms with van der Waals surface area (Å²) in [6, 6.07) is 14.7. The van der Waals surface area contributed by atoms with Crippen LogP contribution in [0.4, 0.5) is 13.2 Å². The van der Waals surface area contributed by atoms with Crippen LogP contribution in [-0.4, -0.2) is 20.8 Å². The van der Waals surface area contributed by atoms with Crippen LogP contribution in [0.1, 0.15) is 37.2 Å². The molecule has 33 heavy (non-hydrogen) atoms. The molecule has 0 spiro atoms. The predicted octanol–water partition coefficient (Wildman–Crippen LogP) is 7.14. The van der Waals surface area contributed by atoms with Crippen LogP contribution in [0.5, 0.6) is 17.2 Å². The van der Waals surface area contributed by atoms with E-state index >= 15 is 0 Å². The van der Waals surface area contributed by atoms with Crippen molar-refractivity contribution in [3.05, 3.63) is 77.6 Å². The molecule has 0 saturated heterocycles. The molecule has 1 aliphatic rings. The van der Waals surface area contributed by atoms with E-state index < -0.39 is 11.6 Å². The van der Waals surface area contributed by atoms with E-state index in [1.54, 1.807) is 43.5 Å². The van der Waals surface area contributed by atoms with Gasteiger partial charge in [0.05, 0.1) is 20.8 Å². The van der Waals surface area contributed by atoms with E-state index in [1.165, 1.54) is 25.3 Å². The Morgan fingerprint density at radius 2 is 1.42 bits per heavy atom. The van der Waals surface area contributed by atoms with Crippen LogP contribution in [0, 0.1) is 23.4 Å². The molecule has 1 fully saturated rings. The molecule has 4 rings (SSSR count). The van der Waals surface area contributed by atoms with E-state index in [2.05, 4.69) is 0 Å². The van der Waals surface area contributed by atoms with Crippen molar-refractivity contribution in [2.24, 2.45) is 5.92 Å². The quantitative estimate of drug-likeness (QED) is 0.378. The van der Waals surface area contributed by atoms with Crippen molar-refractivity contribution >= 4 is 0 Å². The summed E-state index contributed by atoms with van der Waals surface area (Å²) in [6.45, 7) is 0.302. The molecule has 3 aromatic carbocycles. The van der Waals surface area contributed by atoms with E-state index in [1.807, 2.05) is 0 Å². The lowest BCUT2D eigenvalue weighted by atomic mass is 9.79. The van der Waals surface area contributed by atoms with Gasteiger partial charge >= 0.3 is 0 Å². The number of hydrogen-bond donors (Lipinski definition) is 0. The normalized spacial score (nSPS) is 18.1. The Morgan fingerprint density at radius 1 is 0.758 bits per heavy atom. The third kappa shape index (κ3) is 5.10. The average Bonchev–Trinajstić information content (AvgIpc) is 2.85. The lowest BCUT2D eigenvalue weighted by Gasteiger charge is -2.29. The largest absolute Gasteiger partial charge is 0.497 e. The fourth-order valence-electron chi connectivity index (χ4n) is 4.45. The van der Waals surface area contributed by atoms with Crippen LogP contribution in [-0.2, 0) is 0 Å². The summed E-state index contributed by atoms with van der Waals surface area (Å²) in [4.78, 5) is 0. The Hall–Kier alpha value is -3.15. The highest BCUT2D eigenvalue weighted by Gasteiger charge is 2.25. The van der Waals surface area contributed by atoms with E-state index in [-0.39, 0.29) is 29.0 Å². The van der Waals surface area contributed by atoms with E-state index in [0.717, 1.165) is 25.7 Å². The molecule has 0 N–H and O–H groups in total. The fourth-order valence-corrected chi connectivity index (χ4v) is 4.45. The minimum Gasteiger partial charge on any atom is -0.497 e. The molecule has 3 aromatic rings. The van der Waals surface area contributed by atoms with Gasteiger partial charge in [-0.15, -0.1) is 0 Å². The minimum absolute atomic E-state index is 0.0897. The molecule has 0 aromatic heterocycles. The van der Waals surface area contributed by atoms with Crippen molar-refractivity contribution in [2.45, 2.75) is 31.6 Å². The number of ether oxygens (including phenoxy) is 3. The number of rotatable bonds is 7. The number of halogens is 3. The molecule has 0 amide bonds. The first-order valence-corrected chi connectivity index (χ1v) is 11.1. The van der Waals surface area contributed by atoms with Crippen LogP contribution in [0.2, 0.25) is 0 Å². The number of benzene rings is 3. The lowest BCUT2D eigenvalue weighted by Crippen LogP contribution is -2.20. The van der Waals surface area contributed by atoms with Gasteiger partial charge in [0, 0.05) is 11.6 Å². The molecule has 0 bridgehead atoms.